The average molecular weight is 671 g/mol. The maximum atomic E-state index is 10.4. The Morgan fingerprint density at radius 1 is 0.697 bits per heavy atom. The molecule has 0 N–H and O–H groups in total. The fourth-order valence-electron chi connectivity index (χ4n) is 2.91. The van der Waals surface area contributed by atoms with Gasteiger partial charge >= 0.3 is 0 Å². The Morgan fingerprint density at radius 3 is 1.52 bits per heavy atom. The van der Waals surface area contributed by atoms with Crippen LogP contribution in [-0.2, 0) is 21.0 Å². The average Bonchev–Trinajstić information content (AvgIpc) is 2.77. The highest BCUT2D eigenvalue weighted by molar-refractivity contribution is 9.11. The first-order chi connectivity index (χ1) is 15.7. The summed E-state index contributed by atoms with van der Waals surface area (Å²) >= 11 is 11.0. The molecule has 33 heavy (non-hydrogen) atoms. The second-order valence-electron chi connectivity index (χ2n) is 6.90. The largest absolute Gasteiger partial charge is 0.744 e. The molecule has 0 aliphatic rings. The van der Waals surface area contributed by atoms with Crippen LogP contribution in [0.25, 0.3) is 0 Å². The van der Waals surface area contributed by atoms with Crippen LogP contribution < -0.4 is 0 Å². The number of halogens is 3. The topological polar surface area (TPSA) is 57.2 Å². The minimum atomic E-state index is -4.27. The Morgan fingerprint density at radius 2 is 1.12 bits per heavy atom. The van der Waals surface area contributed by atoms with Gasteiger partial charge in [0, 0.05) is 4.47 Å². The highest BCUT2D eigenvalue weighted by Gasteiger charge is 2.33. The normalized spacial score (nSPS) is 11.1. The third-order valence-electron chi connectivity index (χ3n) is 4.43. The van der Waals surface area contributed by atoms with Gasteiger partial charge in [-0.15, -0.1) is 0 Å². The summed E-state index contributed by atoms with van der Waals surface area (Å²) in [6, 6.07) is 31.3. The molecule has 4 aromatic carbocycles. The van der Waals surface area contributed by atoms with Gasteiger partial charge in [0.05, 0.1) is 13.8 Å². The molecule has 0 atom stereocenters. The van der Waals surface area contributed by atoms with Gasteiger partial charge in [-0.3, -0.25) is 0 Å². The molecule has 0 aliphatic heterocycles. The molecule has 0 amide bonds. The summed E-state index contributed by atoms with van der Waals surface area (Å²) in [5.41, 5.74) is 0.928. The number of rotatable bonds is 4. The molecule has 8 heteroatoms. The molecule has 0 saturated heterocycles. The molecular weight excluding hydrogens is 652 g/mol. The predicted molar refractivity (Wildman–Crippen MR) is 144 cm³/mol. The second kappa shape index (κ2) is 11.8. The molecule has 0 radical (unpaired) electrons. The van der Waals surface area contributed by atoms with Gasteiger partial charge < -0.3 is 4.55 Å². The summed E-state index contributed by atoms with van der Waals surface area (Å²) in [4.78, 5) is 3.69. The fourth-order valence-corrected chi connectivity index (χ4v) is 8.72. The maximum absolute atomic E-state index is 10.4. The smallest absolute Gasteiger partial charge is 0.194 e. The van der Waals surface area contributed by atoms with E-state index in [0.717, 1.165) is 19.0 Å². The van der Waals surface area contributed by atoms with Crippen molar-refractivity contribution in [2.24, 2.45) is 0 Å². The minimum absolute atomic E-state index is 0.161. The van der Waals surface area contributed by atoms with Crippen molar-refractivity contribution < 1.29 is 13.0 Å². The van der Waals surface area contributed by atoms with Gasteiger partial charge in [-0.1, -0.05) is 70.0 Å². The van der Waals surface area contributed by atoms with Crippen LogP contribution in [0.3, 0.4) is 0 Å². The number of benzene rings is 4. The zero-order valence-electron chi connectivity index (χ0n) is 17.4. The molecule has 0 bridgehead atoms. The Bertz CT molecular complexity index is 1250. The fraction of sp³-hybridized carbons (Fsp3) is 0.0400. The Labute approximate surface area is 222 Å². The summed E-state index contributed by atoms with van der Waals surface area (Å²) in [5.74, 6) is 0. The first-order valence-electron chi connectivity index (χ1n) is 9.68. The van der Waals surface area contributed by atoms with E-state index in [1.54, 1.807) is 12.1 Å². The van der Waals surface area contributed by atoms with Crippen molar-refractivity contribution >= 4 is 68.8 Å². The van der Waals surface area contributed by atoms with Crippen LogP contribution in [0.5, 0.6) is 0 Å². The second-order valence-corrected chi connectivity index (χ2v) is 12.9. The van der Waals surface area contributed by atoms with Crippen molar-refractivity contribution in [3.63, 3.8) is 0 Å². The van der Waals surface area contributed by atoms with E-state index >= 15 is 0 Å². The van der Waals surface area contributed by atoms with E-state index in [2.05, 4.69) is 121 Å². The monoisotopic (exact) mass is 668 g/mol. The Hall–Kier alpha value is -1.42. The summed E-state index contributed by atoms with van der Waals surface area (Å²) in [6.45, 7) is 1.82. The lowest BCUT2D eigenvalue weighted by Crippen LogP contribution is -2.06. The molecule has 0 unspecified atom stereocenters. The molecule has 0 spiro atoms. The number of aryl methyl sites for hydroxylation is 1. The third-order valence-corrected chi connectivity index (χ3v) is 9.85. The predicted octanol–water partition coefficient (Wildman–Crippen LogP) is 7.97. The highest BCUT2D eigenvalue weighted by atomic mass is 79.9. The standard InChI is InChI=1S/C18H12Br3S.C7H8O3S/c19-13-11-16(20)18(17(21)12-13)22(14-7-3-1-4-8-14)15-9-5-2-6-10-15;1-6-2-4-7(5-3-6)11(8,9)10/h1-12H;2-5H,1H3,(H,8,9,10)/q+1;/p-1. The van der Waals surface area contributed by atoms with Crippen LogP contribution in [0.15, 0.2) is 130 Å². The third kappa shape index (κ3) is 7.28. The van der Waals surface area contributed by atoms with E-state index in [0.29, 0.717) is 0 Å². The molecule has 3 nitrogen and oxygen atoms in total. The quantitative estimate of drug-likeness (QED) is 0.164. The van der Waals surface area contributed by atoms with Gasteiger partial charge in [0.1, 0.15) is 21.0 Å². The molecule has 0 fully saturated rings. The lowest BCUT2D eigenvalue weighted by molar-refractivity contribution is 0.463. The SMILES string of the molecule is Brc1cc(Br)c([S+](c2ccccc2)c2ccccc2)c(Br)c1.Cc1ccc(S(=O)(=O)[O-])cc1. The summed E-state index contributed by atoms with van der Waals surface area (Å²) in [7, 11) is -4.43. The van der Waals surface area contributed by atoms with Crippen LogP contribution in [0.2, 0.25) is 0 Å². The van der Waals surface area contributed by atoms with Gasteiger partial charge in [-0.05, 0) is 87.3 Å². The van der Waals surface area contributed by atoms with E-state index in [9.17, 15) is 13.0 Å². The van der Waals surface area contributed by atoms with Crippen molar-refractivity contribution in [1.29, 1.82) is 0 Å². The first kappa shape index (κ1) is 26.2. The highest BCUT2D eigenvalue weighted by Crippen LogP contribution is 2.41. The lowest BCUT2D eigenvalue weighted by Gasteiger charge is -2.11. The molecule has 0 saturated carbocycles. The molecular formula is C25H19Br3O3S2. The first-order valence-corrected chi connectivity index (χ1v) is 14.7. The van der Waals surface area contributed by atoms with E-state index in [1.807, 2.05) is 6.92 Å². The Balaban J connectivity index is 0.000000235. The minimum Gasteiger partial charge on any atom is -0.744 e. The van der Waals surface area contributed by atoms with Crippen LogP contribution in [0.1, 0.15) is 5.56 Å². The zero-order chi connectivity index (χ0) is 24.0. The number of hydrogen-bond acceptors (Lipinski definition) is 3. The summed E-state index contributed by atoms with van der Waals surface area (Å²) in [6.07, 6.45) is 0. The molecule has 170 valence electrons. The molecule has 0 aliphatic carbocycles. The molecule has 0 heterocycles. The van der Waals surface area contributed by atoms with Crippen molar-refractivity contribution in [1.82, 2.24) is 0 Å². The molecule has 4 rings (SSSR count). The van der Waals surface area contributed by atoms with Gasteiger partial charge in [-0.2, -0.15) is 0 Å². The Kier molecular flexibility index (Phi) is 9.38. The zero-order valence-corrected chi connectivity index (χ0v) is 23.8. The van der Waals surface area contributed by atoms with Gasteiger partial charge in [-0.25, -0.2) is 8.42 Å². The van der Waals surface area contributed by atoms with Crippen molar-refractivity contribution in [2.45, 2.75) is 26.5 Å². The van der Waals surface area contributed by atoms with Gasteiger partial charge in [0.25, 0.3) is 0 Å². The lowest BCUT2D eigenvalue weighted by atomic mass is 10.2. The summed E-state index contributed by atoms with van der Waals surface area (Å²) < 4.78 is 34.4. The maximum Gasteiger partial charge on any atom is 0.194 e. The van der Waals surface area contributed by atoms with Crippen LogP contribution in [-0.4, -0.2) is 13.0 Å². The molecule has 4 aromatic rings. The van der Waals surface area contributed by atoms with Crippen molar-refractivity contribution in [3.8, 4) is 0 Å². The van der Waals surface area contributed by atoms with E-state index < -0.39 is 10.1 Å². The number of hydrogen-bond donors (Lipinski definition) is 0. The summed E-state index contributed by atoms with van der Waals surface area (Å²) in [5, 5.41) is 0. The van der Waals surface area contributed by atoms with Crippen LogP contribution >= 0.6 is 47.8 Å². The van der Waals surface area contributed by atoms with Crippen LogP contribution in [0.4, 0.5) is 0 Å². The van der Waals surface area contributed by atoms with Gasteiger partial charge in [0.2, 0.25) is 0 Å². The van der Waals surface area contributed by atoms with Crippen LogP contribution in [0, 0.1) is 6.92 Å². The van der Waals surface area contributed by atoms with Crippen molar-refractivity contribution in [3.05, 3.63) is 116 Å². The van der Waals surface area contributed by atoms with Crippen molar-refractivity contribution in [2.75, 3.05) is 0 Å². The molecule has 0 aromatic heterocycles. The van der Waals surface area contributed by atoms with E-state index in [1.165, 1.54) is 26.8 Å². The van der Waals surface area contributed by atoms with E-state index in [-0.39, 0.29) is 15.8 Å². The van der Waals surface area contributed by atoms with E-state index in [4.69, 9.17) is 0 Å². The van der Waals surface area contributed by atoms with Gasteiger partial charge in [0.15, 0.2) is 14.7 Å².